The summed E-state index contributed by atoms with van der Waals surface area (Å²) in [6, 6.07) is 1.58. The molecule has 0 aliphatic rings. The Bertz CT molecular complexity index is 331. The molecule has 0 aliphatic heterocycles. The van der Waals surface area contributed by atoms with Gasteiger partial charge in [0.05, 0.1) is 7.11 Å². The van der Waals surface area contributed by atoms with Crippen molar-refractivity contribution in [3.05, 3.63) is 23.0 Å². The van der Waals surface area contributed by atoms with E-state index in [-0.39, 0.29) is 11.4 Å². The standard InChI is InChI=1S/C9H10BrF2NO/c1-5-6(4-10)3-7(14-2)8(13-5)9(11)12/h3,9H,4H2,1-2H3. The summed E-state index contributed by atoms with van der Waals surface area (Å²) in [5.74, 6) is 0.139. The van der Waals surface area contributed by atoms with E-state index in [1.165, 1.54) is 7.11 Å². The molecule has 14 heavy (non-hydrogen) atoms. The number of hydrogen-bond acceptors (Lipinski definition) is 2. The number of methoxy groups -OCH3 is 1. The van der Waals surface area contributed by atoms with Gasteiger partial charge in [0.25, 0.3) is 6.43 Å². The van der Waals surface area contributed by atoms with Crippen LogP contribution in [-0.4, -0.2) is 12.1 Å². The lowest BCUT2D eigenvalue weighted by atomic mass is 10.2. The number of aromatic nitrogens is 1. The summed E-state index contributed by atoms with van der Waals surface area (Å²) in [6.07, 6.45) is -2.60. The number of halogens is 3. The molecule has 0 aromatic carbocycles. The molecule has 5 heteroatoms. The number of hydrogen-bond donors (Lipinski definition) is 0. The van der Waals surface area contributed by atoms with E-state index in [2.05, 4.69) is 20.9 Å². The van der Waals surface area contributed by atoms with Crippen LogP contribution in [0, 0.1) is 6.92 Å². The molecule has 1 heterocycles. The van der Waals surface area contributed by atoms with Crippen LogP contribution < -0.4 is 4.74 Å². The highest BCUT2D eigenvalue weighted by Gasteiger charge is 2.17. The van der Waals surface area contributed by atoms with Gasteiger partial charge in [-0.3, -0.25) is 0 Å². The lowest BCUT2D eigenvalue weighted by Crippen LogP contribution is -2.01. The van der Waals surface area contributed by atoms with E-state index in [0.717, 1.165) is 5.56 Å². The SMILES string of the molecule is COc1cc(CBr)c(C)nc1C(F)F. The zero-order valence-corrected chi connectivity index (χ0v) is 9.44. The maximum absolute atomic E-state index is 12.5. The van der Waals surface area contributed by atoms with Crippen LogP contribution in [0.3, 0.4) is 0 Å². The van der Waals surface area contributed by atoms with E-state index in [1.54, 1.807) is 13.0 Å². The maximum atomic E-state index is 12.5. The monoisotopic (exact) mass is 265 g/mol. The summed E-state index contributed by atoms with van der Waals surface area (Å²) in [7, 11) is 1.36. The minimum Gasteiger partial charge on any atom is -0.495 e. The molecule has 0 fully saturated rings. The zero-order valence-electron chi connectivity index (χ0n) is 7.85. The molecule has 0 amide bonds. The summed E-state index contributed by atoms with van der Waals surface area (Å²) in [6.45, 7) is 1.70. The average Bonchev–Trinajstić information content (AvgIpc) is 2.17. The second kappa shape index (κ2) is 4.68. The van der Waals surface area contributed by atoms with Crippen LogP contribution in [0.15, 0.2) is 6.07 Å². The molecule has 1 aromatic heterocycles. The maximum Gasteiger partial charge on any atom is 0.284 e. The average molecular weight is 266 g/mol. The van der Waals surface area contributed by atoms with Crippen molar-refractivity contribution in [2.75, 3.05) is 7.11 Å². The molecule has 0 atom stereocenters. The molecule has 0 aliphatic carbocycles. The summed E-state index contributed by atoms with van der Waals surface area (Å²) in [5, 5.41) is 0.575. The van der Waals surface area contributed by atoms with Crippen LogP contribution in [0.1, 0.15) is 23.4 Å². The third kappa shape index (κ3) is 2.20. The normalized spacial score (nSPS) is 10.7. The molecular formula is C9H10BrF2NO. The first kappa shape index (κ1) is 11.4. The lowest BCUT2D eigenvalue weighted by molar-refractivity contribution is 0.141. The number of nitrogens with zero attached hydrogens (tertiary/aromatic N) is 1. The Kier molecular flexibility index (Phi) is 3.80. The number of ether oxygens (including phenoxy) is 1. The molecule has 0 saturated carbocycles. The third-order valence-electron chi connectivity index (χ3n) is 1.88. The van der Waals surface area contributed by atoms with E-state index < -0.39 is 6.43 Å². The van der Waals surface area contributed by atoms with Crippen LogP contribution in [0.5, 0.6) is 5.75 Å². The van der Waals surface area contributed by atoms with Gasteiger partial charge in [0.1, 0.15) is 11.4 Å². The molecule has 1 rings (SSSR count). The van der Waals surface area contributed by atoms with Gasteiger partial charge in [-0.05, 0) is 18.6 Å². The number of pyridine rings is 1. The van der Waals surface area contributed by atoms with E-state index in [1.807, 2.05) is 0 Å². The van der Waals surface area contributed by atoms with Gasteiger partial charge in [-0.25, -0.2) is 13.8 Å². The van der Waals surface area contributed by atoms with Gasteiger partial charge in [-0.2, -0.15) is 0 Å². The first-order valence-corrected chi connectivity index (χ1v) is 5.10. The molecular weight excluding hydrogens is 256 g/mol. The van der Waals surface area contributed by atoms with Gasteiger partial charge in [0.2, 0.25) is 0 Å². The van der Waals surface area contributed by atoms with E-state index >= 15 is 0 Å². The minimum absolute atomic E-state index is 0.139. The predicted octanol–water partition coefficient (Wildman–Crippen LogP) is 3.23. The van der Waals surface area contributed by atoms with Gasteiger partial charge in [0, 0.05) is 11.0 Å². The van der Waals surface area contributed by atoms with E-state index in [9.17, 15) is 8.78 Å². The van der Waals surface area contributed by atoms with Crippen molar-refractivity contribution >= 4 is 15.9 Å². The van der Waals surface area contributed by atoms with Gasteiger partial charge in [-0.1, -0.05) is 15.9 Å². The third-order valence-corrected chi connectivity index (χ3v) is 2.49. The van der Waals surface area contributed by atoms with Crippen molar-refractivity contribution in [3.8, 4) is 5.75 Å². The molecule has 0 spiro atoms. The fraction of sp³-hybridized carbons (Fsp3) is 0.444. The lowest BCUT2D eigenvalue weighted by Gasteiger charge is -2.10. The summed E-state index contributed by atoms with van der Waals surface area (Å²) < 4.78 is 29.8. The zero-order chi connectivity index (χ0) is 10.7. The Balaban J connectivity index is 3.24. The smallest absolute Gasteiger partial charge is 0.284 e. The van der Waals surface area contributed by atoms with E-state index in [0.29, 0.717) is 11.0 Å². The van der Waals surface area contributed by atoms with Crippen molar-refractivity contribution in [1.29, 1.82) is 0 Å². The molecule has 0 N–H and O–H groups in total. The second-order valence-corrected chi connectivity index (χ2v) is 3.32. The Morgan fingerprint density at radius 1 is 1.57 bits per heavy atom. The second-order valence-electron chi connectivity index (χ2n) is 2.75. The topological polar surface area (TPSA) is 22.1 Å². The molecule has 2 nitrogen and oxygen atoms in total. The van der Waals surface area contributed by atoms with Crippen molar-refractivity contribution in [2.45, 2.75) is 18.7 Å². The fourth-order valence-corrected chi connectivity index (χ4v) is 1.67. The Morgan fingerprint density at radius 3 is 2.64 bits per heavy atom. The van der Waals surface area contributed by atoms with Gasteiger partial charge in [-0.15, -0.1) is 0 Å². The van der Waals surface area contributed by atoms with Crippen LogP contribution in [-0.2, 0) is 5.33 Å². The minimum atomic E-state index is -2.60. The number of alkyl halides is 3. The molecule has 0 unspecified atom stereocenters. The quantitative estimate of drug-likeness (QED) is 0.783. The fourth-order valence-electron chi connectivity index (χ4n) is 1.10. The van der Waals surface area contributed by atoms with Crippen LogP contribution >= 0.6 is 15.9 Å². The Hall–Kier alpha value is -0.710. The molecule has 0 bridgehead atoms. The largest absolute Gasteiger partial charge is 0.495 e. The summed E-state index contributed by atoms with van der Waals surface area (Å²) >= 11 is 3.25. The Morgan fingerprint density at radius 2 is 2.21 bits per heavy atom. The summed E-state index contributed by atoms with van der Waals surface area (Å²) in [4.78, 5) is 3.81. The molecule has 78 valence electrons. The highest BCUT2D eigenvalue weighted by atomic mass is 79.9. The van der Waals surface area contributed by atoms with E-state index in [4.69, 9.17) is 4.74 Å². The Labute approximate surface area is 89.4 Å². The molecule has 0 radical (unpaired) electrons. The molecule has 0 saturated heterocycles. The van der Waals surface area contributed by atoms with Crippen LogP contribution in [0.25, 0.3) is 0 Å². The first-order valence-electron chi connectivity index (χ1n) is 3.98. The van der Waals surface area contributed by atoms with Crippen molar-refractivity contribution in [2.24, 2.45) is 0 Å². The first-order chi connectivity index (χ1) is 6.60. The summed E-state index contributed by atoms with van der Waals surface area (Å²) in [5.41, 5.74) is 1.15. The molecule has 1 aromatic rings. The van der Waals surface area contributed by atoms with Crippen molar-refractivity contribution in [3.63, 3.8) is 0 Å². The van der Waals surface area contributed by atoms with Crippen LogP contribution in [0.4, 0.5) is 8.78 Å². The number of rotatable bonds is 3. The van der Waals surface area contributed by atoms with Crippen molar-refractivity contribution < 1.29 is 13.5 Å². The van der Waals surface area contributed by atoms with Gasteiger partial charge in [0.15, 0.2) is 0 Å². The van der Waals surface area contributed by atoms with Gasteiger partial charge < -0.3 is 4.74 Å². The number of aryl methyl sites for hydroxylation is 1. The predicted molar refractivity (Wildman–Crippen MR) is 53.1 cm³/mol. The highest BCUT2D eigenvalue weighted by molar-refractivity contribution is 9.08. The van der Waals surface area contributed by atoms with Crippen molar-refractivity contribution in [1.82, 2.24) is 4.98 Å². The van der Waals surface area contributed by atoms with Gasteiger partial charge >= 0.3 is 0 Å². The highest BCUT2D eigenvalue weighted by Crippen LogP contribution is 2.29. The van der Waals surface area contributed by atoms with Crippen LogP contribution in [0.2, 0.25) is 0 Å².